The van der Waals surface area contributed by atoms with Gasteiger partial charge in [0, 0.05) is 10.6 Å². The molecule has 12 nitrogen and oxygen atoms in total. The topological polar surface area (TPSA) is 149 Å². The van der Waals surface area contributed by atoms with Crippen LogP contribution in [0.15, 0.2) is 59.7 Å². The second-order valence-corrected chi connectivity index (χ2v) is 9.76. The lowest BCUT2D eigenvalue weighted by Gasteiger charge is -2.15. The number of aromatic nitrogens is 8. The molecule has 0 fully saturated rings. The Bertz CT molecular complexity index is 1790. The van der Waals surface area contributed by atoms with Crippen LogP contribution in [0.25, 0.3) is 17.1 Å². The Hall–Kier alpha value is -4.76. The van der Waals surface area contributed by atoms with E-state index in [1.54, 1.807) is 38.1 Å². The van der Waals surface area contributed by atoms with E-state index in [4.69, 9.17) is 11.6 Å². The van der Waals surface area contributed by atoms with Gasteiger partial charge >= 0.3 is 11.9 Å². The van der Waals surface area contributed by atoms with Gasteiger partial charge in [-0.05, 0) is 50.2 Å². The number of hydrogen-bond donors (Lipinski definition) is 3. The molecule has 0 radical (unpaired) electrons. The molecule has 0 bridgehead atoms. The first-order valence-electron chi connectivity index (χ1n) is 12.4. The van der Waals surface area contributed by atoms with E-state index in [0.29, 0.717) is 33.3 Å². The van der Waals surface area contributed by atoms with E-state index >= 15 is 0 Å². The fourth-order valence-corrected chi connectivity index (χ4v) is 4.32. The Morgan fingerprint density at radius 1 is 1.12 bits per heavy atom. The van der Waals surface area contributed by atoms with Crippen LogP contribution < -0.4 is 11.0 Å². The Kier molecular flexibility index (Phi) is 7.71. The van der Waals surface area contributed by atoms with Crippen molar-refractivity contribution >= 4 is 23.2 Å². The smallest absolute Gasteiger partial charge is 0.382 e. The van der Waals surface area contributed by atoms with E-state index in [0.717, 1.165) is 9.25 Å². The maximum atomic E-state index is 13.2. The summed E-state index contributed by atoms with van der Waals surface area (Å²) in [4.78, 5) is 30.5. The largest absolute Gasteiger partial charge is 0.416 e. The van der Waals surface area contributed by atoms with E-state index in [1.165, 1.54) is 35.3 Å². The lowest BCUT2D eigenvalue weighted by Crippen LogP contribution is -2.37. The zero-order valence-corrected chi connectivity index (χ0v) is 22.8. The van der Waals surface area contributed by atoms with Gasteiger partial charge in [-0.3, -0.25) is 14.5 Å². The third-order valence-electron chi connectivity index (χ3n) is 6.35. The highest BCUT2D eigenvalue weighted by molar-refractivity contribution is 6.30. The number of hydrogen-bond acceptors (Lipinski definition) is 7. The predicted octanol–water partition coefficient (Wildman–Crippen LogP) is 3.51. The van der Waals surface area contributed by atoms with Crippen molar-refractivity contribution in [3.05, 3.63) is 93.1 Å². The van der Waals surface area contributed by atoms with Gasteiger partial charge in [-0.25, -0.2) is 19.1 Å². The predicted molar refractivity (Wildman–Crippen MR) is 145 cm³/mol. The average Bonchev–Trinajstić information content (AvgIpc) is 3.63. The number of nitrogens with zero attached hydrogens (tertiary/aromatic N) is 7. The van der Waals surface area contributed by atoms with Crippen LogP contribution in [0.1, 0.15) is 27.6 Å². The number of carbonyl (C=O) groups excluding carboxylic acids is 1. The first kappa shape index (κ1) is 28.8. The molecule has 0 unspecified atom stereocenters. The molecule has 2 aromatic carbocycles. The molecular weight excluding hydrogens is 579 g/mol. The van der Waals surface area contributed by atoms with Crippen molar-refractivity contribution in [3.63, 3.8) is 0 Å². The van der Waals surface area contributed by atoms with Crippen molar-refractivity contribution in [2.45, 2.75) is 39.2 Å². The van der Waals surface area contributed by atoms with E-state index < -0.39 is 30.4 Å². The maximum Gasteiger partial charge on any atom is 0.416 e. The molecule has 0 saturated carbocycles. The van der Waals surface area contributed by atoms with Gasteiger partial charge in [0.1, 0.15) is 12.9 Å². The lowest BCUT2D eigenvalue weighted by atomic mass is 10.1. The van der Waals surface area contributed by atoms with Gasteiger partial charge in [-0.2, -0.15) is 18.3 Å². The van der Waals surface area contributed by atoms with Crippen molar-refractivity contribution in [2.24, 2.45) is 0 Å². The second-order valence-electron chi connectivity index (χ2n) is 9.32. The fraction of sp³-hybridized carbons (Fsp3) is 0.231. The normalized spacial score (nSPS) is 12.5. The third-order valence-corrected chi connectivity index (χ3v) is 6.60. The number of carbonyl (C=O) groups is 1. The van der Waals surface area contributed by atoms with E-state index in [-0.39, 0.29) is 23.8 Å². The third kappa shape index (κ3) is 5.82. The molecule has 1 amide bonds. The van der Waals surface area contributed by atoms with Crippen LogP contribution in [-0.4, -0.2) is 62.6 Å². The van der Waals surface area contributed by atoms with Gasteiger partial charge in [0.25, 0.3) is 5.91 Å². The van der Waals surface area contributed by atoms with E-state index in [1.807, 2.05) is 0 Å². The number of anilines is 1. The fourth-order valence-electron chi connectivity index (χ4n) is 4.20. The summed E-state index contributed by atoms with van der Waals surface area (Å²) in [5.41, 5.74) is 1.92. The van der Waals surface area contributed by atoms with Gasteiger partial charge in [-0.15, -0.1) is 10.2 Å². The number of alkyl halides is 3. The monoisotopic (exact) mass is 601 g/mol. The lowest BCUT2D eigenvalue weighted by molar-refractivity contribution is -0.207. The zero-order valence-electron chi connectivity index (χ0n) is 22.1. The molecule has 0 saturated heterocycles. The number of aromatic amines is 1. The Balaban J connectivity index is 1.45. The Morgan fingerprint density at radius 3 is 2.50 bits per heavy atom. The van der Waals surface area contributed by atoms with Gasteiger partial charge in [0.15, 0.2) is 17.8 Å². The molecule has 5 rings (SSSR count). The molecule has 1 atom stereocenters. The van der Waals surface area contributed by atoms with E-state index in [2.05, 4.69) is 30.7 Å². The van der Waals surface area contributed by atoms with Crippen molar-refractivity contribution < 1.29 is 23.1 Å². The number of para-hydroxylation sites is 1. The van der Waals surface area contributed by atoms with Crippen LogP contribution in [0.5, 0.6) is 0 Å². The highest BCUT2D eigenvalue weighted by Gasteiger charge is 2.39. The Labute approximate surface area is 240 Å². The van der Waals surface area contributed by atoms with Crippen LogP contribution in [0.4, 0.5) is 18.9 Å². The van der Waals surface area contributed by atoms with Gasteiger partial charge in [0.2, 0.25) is 0 Å². The van der Waals surface area contributed by atoms with Gasteiger partial charge < -0.3 is 10.4 Å². The summed E-state index contributed by atoms with van der Waals surface area (Å²) in [5, 5.41) is 28.3. The van der Waals surface area contributed by atoms with Crippen LogP contribution >= 0.6 is 11.6 Å². The number of halogens is 4. The number of aryl methyl sites for hydroxylation is 2. The van der Waals surface area contributed by atoms with Gasteiger partial charge in [-0.1, -0.05) is 23.7 Å². The first-order chi connectivity index (χ1) is 19.9. The molecule has 3 N–H and O–H groups in total. The first-order valence-corrected chi connectivity index (χ1v) is 12.8. The maximum absolute atomic E-state index is 13.2. The van der Waals surface area contributed by atoms with Crippen molar-refractivity contribution in [1.82, 2.24) is 39.3 Å². The molecule has 42 heavy (non-hydrogen) atoms. The van der Waals surface area contributed by atoms with Gasteiger partial charge in [0.05, 0.1) is 34.9 Å². The average molecular weight is 602 g/mol. The van der Waals surface area contributed by atoms with Crippen LogP contribution in [0, 0.1) is 13.8 Å². The minimum atomic E-state index is -4.95. The summed E-state index contributed by atoms with van der Waals surface area (Å²) >= 11 is 5.93. The van der Waals surface area contributed by atoms with Crippen LogP contribution in [0.2, 0.25) is 5.02 Å². The zero-order chi connectivity index (χ0) is 30.2. The summed E-state index contributed by atoms with van der Waals surface area (Å²) in [6.07, 6.45) is -6.41. The number of amides is 1. The van der Waals surface area contributed by atoms with Crippen molar-refractivity contribution in [2.75, 3.05) is 5.32 Å². The van der Waals surface area contributed by atoms with Crippen molar-refractivity contribution in [3.8, 4) is 17.1 Å². The molecule has 0 aliphatic heterocycles. The number of benzene rings is 2. The summed E-state index contributed by atoms with van der Waals surface area (Å²) in [6, 6.07) is 12.6. The summed E-state index contributed by atoms with van der Waals surface area (Å²) < 4.78 is 42.4. The number of aliphatic hydroxyl groups excluding tert-OH is 1. The standard InChI is InChI=1S/C26H23ClF3N9O3/c1-14-22(15(2)34-33-14)32-24(41)18-5-3-4-6-19(18)39-13-31-21(35-39)12-38-25(42)37(11-20(40)26(28,29)30)23(36-38)16-7-9-17(27)10-8-16/h3-10,13,20,40H,11-12H2,1-2H3,(H,32,41)(H,33,34)/t20-/m0/s1. The minimum absolute atomic E-state index is 0.0949. The quantitative estimate of drug-likeness (QED) is 0.246. The number of aliphatic hydroxyl groups is 1. The van der Waals surface area contributed by atoms with E-state index in [9.17, 15) is 27.9 Å². The number of nitrogens with one attached hydrogen (secondary N) is 2. The number of H-pyrrole nitrogens is 1. The molecule has 0 spiro atoms. The summed E-state index contributed by atoms with van der Waals surface area (Å²) in [7, 11) is 0. The molecule has 3 aromatic heterocycles. The molecule has 0 aliphatic rings. The van der Waals surface area contributed by atoms with Crippen LogP contribution in [0.3, 0.4) is 0 Å². The molecule has 16 heteroatoms. The minimum Gasteiger partial charge on any atom is -0.382 e. The summed E-state index contributed by atoms with van der Waals surface area (Å²) in [6.45, 7) is 2.15. The second kappa shape index (κ2) is 11.3. The molecule has 3 heterocycles. The highest BCUT2D eigenvalue weighted by atomic mass is 35.5. The number of rotatable bonds is 8. The molecule has 218 valence electrons. The summed E-state index contributed by atoms with van der Waals surface area (Å²) in [5.74, 6) is -0.426. The van der Waals surface area contributed by atoms with Crippen molar-refractivity contribution in [1.29, 1.82) is 0 Å². The Morgan fingerprint density at radius 2 is 1.83 bits per heavy atom. The molecular formula is C26H23ClF3N9O3. The SMILES string of the molecule is Cc1n[nH]c(C)c1NC(=O)c1ccccc1-n1cnc(Cn2nc(-c3ccc(Cl)cc3)n(C[C@H](O)C(F)(F)F)c2=O)n1. The molecule has 5 aromatic rings. The highest BCUT2D eigenvalue weighted by Crippen LogP contribution is 2.24. The molecule has 0 aliphatic carbocycles. The van der Waals surface area contributed by atoms with Crippen LogP contribution in [-0.2, 0) is 13.1 Å².